The SMILES string of the molecule is COCCNC(=O)C(=O)NC[C@H](c1cccnc1)S(=O)(=O)c1ccc(C)c(C)c1. The van der Waals surface area contributed by atoms with E-state index in [1.807, 2.05) is 13.8 Å². The van der Waals surface area contributed by atoms with Crippen molar-refractivity contribution < 1.29 is 22.7 Å². The summed E-state index contributed by atoms with van der Waals surface area (Å²) in [5.74, 6) is -1.76. The van der Waals surface area contributed by atoms with Crippen LogP contribution in [0.5, 0.6) is 0 Å². The number of ether oxygens (including phenoxy) is 1. The number of pyridine rings is 1. The van der Waals surface area contributed by atoms with Crippen LogP contribution in [-0.4, -0.2) is 52.0 Å². The molecule has 0 fully saturated rings. The molecule has 0 saturated heterocycles. The number of amides is 2. The van der Waals surface area contributed by atoms with Crippen molar-refractivity contribution in [2.45, 2.75) is 24.0 Å². The molecule has 0 aliphatic rings. The van der Waals surface area contributed by atoms with Gasteiger partial charge in [0.25, 0.3) is 0 Å². The second-order valence-electron chi connectivity index (χ2n) is 6.52. The Labute approximate surface area is 170 Å². The fourth-order valence-corrected chi connectivity index (χ4v) is 4.37. The number of methoxy groups -OCH3 is 1. The van der Waals surface area contributed by atoms with E-state index in [-0.39, 0.29) is 24.6 Å². The van der Waals surface area contributed by atoms with E-state index in [9.17, 15) is 18.0 Å². The van der Waals surface area contributed by atoms with Crippen molar-refractivity contribution in [2.24, 2.45) is 0 Å². The lowest BCUT2D eigenvalue weighted by molar-refractivity contribution is -0.139. The molecule has 1 atom stereocenters. The molecule has 29 heavy (non-hydrogen) atoms. The molecule has 0 unspecified atom stereocenters. The first-order chi connectivity index (χ1) is 13.8. The zero-order chi connectivity index (χ0) is 21.4. The minimum Gasteiger partial charge on any atom is -0.383 e. The maximum atomic E-state index is 13.3. The Morgan fingerprint density at radius 1 is 1.10 bits per heavy atom. The Bertz CT molecular complexity index is 961. The molecule has 1 aromatic heterocycles. The third kappa shape index (κ3) is 5.85. The standard InChI is InChI=1S/C20H25N3O5S/c1-14-6-7-17(11-15(14)2)29(26,27)18(16-5-4-8-21-12-16)13-23-20(25)19(24)22-9-10-28-3/h4-8,11-12,18H,9-10,13H2,1-3H3,(H,22,24)(H,23,25)/t18-/m1/s1. The summed E-state index contributed by atoms with van der Waals surface area (Å²) in [7, 11) is -2.37. The number of sulfone groups is 1. The molecule has 0 spiro atoms. The van der Waals surface area contributed by atoms with Crippen molar-refractivity contribution in [3.8, 4) is 0 Å². The minimum absolute atomic E-state index is 0.147. The third-order valence-corrected chi connectivity index (χ3v) is 6.58. The van der Waals surface area contributed by atoms with Gasteiger partial charge in [-0.3, -0.25) is 14.6 Å². The van der Waals surface area contributed by atoms with Crippen LogP contribution >= 0.6 is 0 Å². The smallest absolute Gasteiger partial charge is 0.309 e. The average molecular weight is 420 g/mol. The summed E-state index contributed by atoms with van der Waals surface area (Å²) in [6.07, 6.45) is 2.97. The van der Waals surface area contributed by atoms with Gasteiger partial charge in [-0.15, -0.1) is 0 Å². The monoisotopic (exact) mass is 419 g/mol. The summed E-state index contributed by atoms with van der Waals surface area (Å²) in [6, 6.07) is 8.14. The lowest BCUT2D eigenvalue weighted by Gasteiger charge is -2.19. The zero-order valence-corrected chi connectivity index (χ0v) is 17.5. The number of hydrogen-bond acceptors (Lipinski definition) is 6. The maximum absolute atomic E-state index is 13.3. The number of aromatic nitrogens is 1. The van der Waals surface area contributed by atoms with E-state index >= 15 is 0 Å². The number of aryl methyl sites for hydroxylation is 2. The third-order valence-electron chi connectivity index (χ3n) is 4.48. The second-order valence-corrected chi connectivity index (χ2v) is 8.66. The summed E-state index contributed by atoms with van der Waals surface area (Å²) in [4.78, 5) is 28.0. The summed E-state index contributed by atoms with van der Waals surface area (Å²) in [5, 5.41) is 3.72. The number of nitrogens with one attached hydrogen (secondary N) is 2. The van der Waals surface area contributed by atoms with Crippen LogP contribution in [0.15, 0.2) is 47.6 Å². The fraction of sp³-hybridized carbons (Fsp3) is 0.350. The molecule has 156 valence electrons. The molecule has 2 amide bonds. The highest BCUT2D eigenvalue weighted by Crippen LogP contribution is 2.29. The van der Waals surface area contributed by atoms with E-state index in [0.29, 0.717) is 5.56 Å². The lowest BCUT2D eigenvalue weighted by atomic mass is 10.1. The average Bonchev–Trinajstić information content (AvgIpc) is 2.70. The molecule has 0 aliphatic carbocycles. The Hall–Kier alpha value is -2.78. The molecule has 0 aliphatic heterocycles. The van der Waals surface area contributed by atoms with E-state index in [2.05, 4.69) is 15.6 Å². The maximum Gasteiger partial charge on any atom is 0.309 e. The van der Waals surface area contributed by atoms with E-state index < -0.39 is 26.9 Å². The number of carbonyl (C=O) groups is 2. The molecular weight excluding hydrogens is 394 g/mol. The van der Waals surface area contributed by atoms with Crippen molar-refractivity contribution >= 4 is 21.7 Å². The minimum atomic E-state index is -3.84. The van der Waals surface area contributed by atoms with Crippen molar-refractivity contribution in [2.75, 3.05) is 26.8 Å². The van der Waals surface area contributed by atoms with Gasteiger partial charge >= 0.3 is 11.8 Å². The van der Waals surface area contributed by atoms with Crippen LogP contribution in [0.4, 0.5) is 0 Å². The second kappa shape index (κ2) is 10.1. The largest absolute Gasteiger partial charge is 0.383 e. The number of hydrogen-bond donors (Lipinski definition) is 2. The van der Waals surface area contributed by atoms with Crippen LogP contribution in [0.2, 0.25) is 0 Å². The van der Waals surface area contributed by atoms with Gasteiger partial charge in [0.1, 0.15) is 5.25 Å². The van der Waals surface area contributed by atoms with Gasteiger partial charge in [0, 0.05) is 32.6 Å². The van der Waals surface area contributed by atoms with Crippen LogP contribution in [0.3, 0.4) is 0 Å². The summed E-state index contributed by atoms with van der Waals surface area (Å²) >= 11 is 0. The van der Waals surface area contributed by atoms with Crippen LogP contribution in [0.1, 0.15) is 21.9 Å². The van der Waals surface area contributed by atoms with Gasteiger partial charge in [0.15, 0.2) is 9.84 Å². The lowest BCUT2D eigenvalue weighted by Crippen LogP contribution is -2.43. The highest BCUT2D eigenvalue weighted by Gasteiger charge is 2.30. The van der Waals surface area contributed by atoms with E-state index in [0.717, 1.165) is 11.1 Å². The Morgan fingerprint density at radius 3 is 2.45 bits per heavy atom. The predicted molar refractivity (Wildman–Crippen MR) is 108 cm³/mol. The topological polar surface area (TPSA) is 114 Å². The fourth-order valence-electron chi connectivity index (χ4n) is 2.64. The van der Waals surface area contributed by atoms with E-state index in [4.69, 9.17) is 4.74 Å². The number of nitrogens with zero attached hydrogens (tertiary/aromatic N) is 1. The van der Waals surface area contributed by atoms with Crippen LogP contribution < -0.4 is 10.6 Å². The molecule has 1 heterocycles. The quantitative estimate of drug-likeness (QED) is 0.489. The van der Waals surface area contributed by atoms with Gasteiger partial charge < -0.3 is 15.4 Å². The molecule has 2 N–H and O–H groups in total. The first-order valence-corrected chi connectivity index (χ1v) is 10.6. The molecule has 2 aromatic rings. The summed E-state index contributed by atoms with van der Waals surface area (Å²) in [5.41, 5.74) is 2.24. The van der Waals surface area contributed by atoms with Crippen molar-refractivity contribution in [1.82, 2.24) is 15.6 Å². The number of benzene rings is 1. The molecule has 0 radical (unpaired) electrons. The molecule has 9 heteroatoms. The molecule has 1 aromatic carbocycles. The number of rotatable bonds is 8. The van der Waals surface area contributed by atoms with Crippen molar-refractivity contribution in [3.05, 3.63) is 59.4 Å². The van der Waals surface area contributed by atoms with Gasteiger partial charge in [0.2, 0.25) is 0 Å². The van der Waals surface area contributed by atoms with Crippen LogP contribution in [-0.2, 0) is 24.2 Å². The normalized spacial score (nSPS) is 12.2. The molecule has 0 saturated carbocycles. The Balaban J connectivity index is 2.25. The van der Waals surface area contributed by atoms with Gasteiger partial charge in [-0.2, -0.15) is 0 Å². The van der Waals surface area contributed by atoms with Gasteiger partial charge in [-0.25, -0.2) is 8.42 Å². The molecule has 2 rings (SSSR count). The number of carbonyl (C=O) groups excluding carboxylic acids is 2. The Kier molecular flexibility index (Phi) is 7.86. The van der Waals surface area contributed by atoms with E-state index in [1.54, 1.807) is 30.3 Å². The first kappa shape index (κ1) is 22.5. The highest BCUT2D eigenvalue weighted by atomic mass is 32.2. The van der Waals surface area contributed by atoms with Crippen LogP contribution in [0, 0.1) is 13.8 Å². The van der Waals surface area contributed by atoms with Crippen molar-refractivity contribution in [3.63, 3.8) is 0 Å². The Morgan fingerprint density at radius 2 is 1.83 bits per heavy atom. The summed E-state index contributed by atoms with van der Waals surface area (Å²) in [6.45, 7) is 3.90. The van der Waals surface area contributed by atoms with Crippen molar-refractivity contribution in [1.29, 1.82) is 0 Å². The van der Waals surface area contributed by atoms with Gasteiger partial charge in [-0.05, 0) is 48.7 Å². The predicted octanol–water partition coefficient (Wildman–Crippen LogP) is 1.09. The molecular formula is C20H25N3O5S. The van der Waals surface area contributed by atoms with Gasteiger partial charge in [-0.1, -0.05) is 12.1 Å². The van der Waals surface area contributed by atoms with Gasteiger partial charge in [0.05, 0.1) is 11.5 Å². The van der Waals surface area contributed by atoms with Crippen LogP contribution in [0.25, 0.3) is 0 Å². The molecule has 8 nitrogen and oxygen atoms in total. The zero-order valence-electron chi connectivity index (χ0n) is 16.6. The molecule has 0 bridgehead atoms. The summed E-state index contributed by atoms with van der Waals surface area (Å²) < 4.78 is 31.4. The first-order valence-electron chi connectivity index (χ1n) is 9.03. The van der Waals surface area contributed by atoms with E-state index in [1.165, 1.54) is 19.5 Å². The highest BCUT2D eigenvalue weighted by molar-refractivity contribution is 7.91.